The molecule has 0 aliphatic carbocycles. The van der Waals surface area contributed by atoms with Crippen molar-refractivity contribution in [1.82, 2.24) is 9.88 Å². The lowest BCUT2D eigenvalue weighted by atomic mass is 10.2. The van der Waals surface area contributed by atoms with Crippen LogP contribution >= 0.6 is 0 Å². The minimum Gasteiger partial charge on any atom is -0.456 e. The van der Waals surface area contributed by atoms with Crippen LogP contribution in [0.25, 0.3) is 0 Å². The molecule has 0 N–H and O–H groups in total. The second kappa shape index (κ2) is 6.89. The molecule has 2 heterocycles. The number of rotatable bonds is 6. The molecule has 0 saturated carbocycles. The molecular formula is C16H20N2O2. The number of amides is 1. The van der Waals surface area contributed by atoms with Crippen LogP contribution in [0.1, 0.15) is 35.7 Å². The van der Waals surface area contributed by atoms with E-state index >= 15 is 0 Å². The Bertz CT molecular complexity index is 549. The number of nitrogens with zero attached hydrogens (tertiary/aromatic N) is 2. The minimum atomic E-state index is -0.0405. The third kappa shape index (κ3) is 3.47. The van der Waals surface area contributed by atoms with Gasteiger partial charge in [-0.2, -0.15) is 0 Å². The number of carbonyl (C=O) groups excluding carboxylic acids is 1. The van der Waals surface area contributed by atoms with Crippen molar-refractivity contribution in [2.75, 3.05) is 13.1 Å². The molecule has 0 fully saturated rings. The van der Waals surface area contributed by atoms with Crippen molar-refractivity contribution in [3.8, 4) is 0 Å². The molecular weight excluding hydrogens is 252 g/mol. The largest absolute Gasteiger partial charge is 0.456 e. The highest BCUT2D eigenvalue weighted by atomic mass is 16.4. The number of hydrogen-bond acceptors (Lipinski definition) is 3. The topological polar surface area (TPSA) is 46.3 Å². The molecule has 2 aromatic heterocycles. The van der Waals surface area contributed by atoms with E-state index in [9.17, 15) is 4.79 Å². The SMILES string of the molecule is CCc1ccc(C(=O)N(CC)CCc2ccncc2)o1. The number of likely N-dealkylation sites (N-methyl/N-ethyl adjacent to an activating group) is 1. The van der Waals surface area contributed by atoms with Crippen molar-refractivity contribution in [3.63, 3.8) is 0 Å². The highest BCUT2D eigenvalue weighted by molar-refractivity contribution is 5.91. The van der Waals surface area contributed by atoms with E-state index in [2.05, 4.69) is 4.98 Å². The normalized spacial score (nSPS) is 10.5. The Kier molecular flexibility index (Phi) is 4.93. The smallest absolute Gasteiger partial charge is 0.289 e. The Morgan fingerprint density at radius 1 is 1.20 bits per heavy atom. The van der Waals surface area contributed by atoms with Gasteiger partial charge in [0.15, 0.2) is 5.76 Å². The predicted molar refractivity (Wildman–Crippen MR) is 77.6 cm³/mol. The first-order chi connectivity index (χ1) is 9.74. The van der Waals surface area contributed by atoms with Crippen LogP contribution in [0.5, 0.6) is 0 Å². The lowest BCUT2D eigenvalue weighted by Crippen LogP contribution is -2.32. The van der Waals surface area contributed by atoms with Crippen LogP contribution in [0.4, 0.5) is 0 Å². The van der Waals surface area contributed by atoms with E-state index in [-0.39, 0.29) is 5.91 Å². The Balaban J connectivity index is 1.98. The summed E-state index contributed by atoms with van der Waals surface area (Å²) in [4.78, 5) is 18.1. The lowest BCUT2D eigenvalue weighted by molar-refractivity contribution is 0.0732. The van der Waals surface area contributed by atoms with Crippen LogP contribution in [-0.2, 0) is 12.8 Å². The number of furan rings is 1. The van der Waals surface area contributed by atoms with Crippen molar-refractivity contribution in [2.45, 2.75) is 26.7 Å². The number of aryl methyl sites for hydroxylation is 1. The number of carbonyl (C=O) groups is 1. The first-order valence-corrected chi connectivity index (χ1v) is 7.01. The van der Waals surface area contributed by atoms with Crippen LogP contribution in [0, 0.1) is 0 Å². The Morgan fingerprint density at radius 2 is 1.95 bits per heavy atom. The molecule has 2 aromatic rings. The van der Waals surface area contributed by atoms with E-state index in [1.54, 1.807) is 23.4 Å². The van der Waals surface area contributed by atoms with Gasteiger partial charge in [0.1, 0.15) is 5.76 Å². The summed E-state index contributed by atoms with van der Waals surface area (Å²) in [5, 5.41) is 0. The van der Waals surface area contributed by atoms with Gasteiger partial charge in [-0.15, -0.1) is 0 Å². The van der Waals surface area contributed by atoms with E-state index in [1.165, 1.54) is 5.56 Å². The van der Waals surface area contributed by atoms with Crippen LogP contribution < -0.4 is 0 Å². The molecule has 4 heteroatoms. The quantitative estimate of drug-likeness (QED) is 0.812. The summed E-state index contributed by atoms with van der Waals surface area (Å²) in [5.41, 5.74) is 1.18. The summed E-state index contributed by atoms with van der Waals surface area (Å²) in [5.74, 6) is 1.23. The highest BCUT2D eigenvalue weighted by Gasteiger charge is 2.17. The number of aromatic nitrogens is 1. The van der Waals surface area contributed by atoms with Gasteiger partial charge in [-0.1, -0.05) is 6.92 Å². The molecule has 20 heavy (non-hydrogen) atoms. The summed E-state index contributed by atoms with van der Waals surface area (Å²) in [6, 6.07) is 7.57. The third-order valence-electron chi connectivity index (χ3n) is 3.31. The number of hydrogen-bond donors (Lipinski definition) is 0. The first-order valence-electron chi connectivity index (χ1n) is 7.01. The number of pyridine rings is 1. The van der Waals surface area contributed by atoms with Gasteiger partial charge in [0.2, 0.25) is 0 Å². The molecule has 0 aliphatic heterocycles. The first kappa shape index (κ1) is 14.3. The molecule has 106 valence electrons. The molecule has 0 atom stereocenters. The maximum absolute atomic E-state index is 12.3. The predicted octanol–water partition coefficient (Wildman–Crippen LogP) is 2.94. The summed E-state index contributed by atoms with van der Waals surface area (Å²) in [7, 11) is 0. The fraction of sp³-hybridized carbons (Fsp3) is 0.375. The van der Waals surface area contributed by atoms with Crippen molar-refractivity contribution in [2.24, 2.45) is 0 Å². The van der Waals surface area contributed by atoms with Gasteiger partial charge in [-0.25, -0.2) is 0 Å². The lowest BCUT2D eigenvalue weighted by Gasteiger charge is -2.19. The summed E-state index contributed by atoms with van der Waals surface area (Å²) < 4.78 is 5.53. The van der Waals surface area contributed by atoms with E-state index in [0.717, 1.165) is 18.6 Å². The van der Waals surface area contributed by atoms with Crippen LogP contribution in [0.3, 0.4) is 0 Å². The monoisotopic (exact) mass is 272 g/mol. The van der Waals surface area contributed by atoms with E-state index in [1.807, 2.05) is 32.0 Å². The van der Waals surface area contributed by atoms with Crippen molar-refractivity contribution < 1.29 is 9.21 Å². The maximum Gasteiger partial charge on any atom is 0.289 e. The van der Waals surface area contributed by atoms with E-state index in [4.69, 9.17) is 4.42 Å². The van der Waals surface area contributed by atoms with Crippen molar-refractivity contribution >= 4 is 5.91 Å². The average Bonchev–Trinajstić information content (AvgIpc) is 2.97. The van der Waals surface area contributed by atoms with Gasteiger partial charge in [0.05, 0.1) is 0 Å². The molecule has 1 amide bonds. The Morgan fingerprint density at radius 3 is 2.55 bits per heavy atom. The second-order valence-electron chi connectivity index (χ2n) is 4.61. The molecule has 0 aromatic carbocycles. The van der Waals surface area contributed by atoms with Gasteiger partial charge in [0.25, 0.3) is 5.91 Å². The molecule has 0 unspecified atom stereocenters. The zero-order valence-corrected chi connectivity index (χ0v) is 12.0. The molecule has 0 saturated heterocycles. The van der Waals surface area contributed by atoms with Crippen LogP contribution in [0.15, 0.2) is 41.1 Å². The molecule has 4 nitrogen and oxygen atoms in total. The summed E-state index contributed by atoms with van der Waals surface area (Å²) >= 11 is 0. The molecule has 2 rings (SSSR count). The zero-order chi connectivity index (χ0) is 14.4. The Labute approximate surface area is 119 Å². The van der Waals surface area contributed by atoms with Gasteiger partial charge in [0, 0.05) is 31.9 Å². The minimum absolute atomic E-state index is 0.0405. The van der Waals surface area contributed by atoms with Crippen LogP contribution in [-0.4, -0.2) is 28.9 Å². The van der Waals surface area contributed by atoms with Gasteiger partial charge in [-0.05, 0) is 43.2 Å². The average molecular weight is 272 g/mol. The molecule has 0 aliphatic rings. The highest BCUT2D eigenvalue weighted by Crippen LogP contribution is 2.12. The molecule has 0 bridgehead atoms. The summed E-state index contributed by atoms with van der Waals surface area (Å²) in [6.45, 7) is 5.34. The van der Waals surface area contributed by atoms with Crippen LogP contribution in [0.2, 0.25) is 0 Å². The van der Waals surface area contributed by atoms with Gasteiger partial charge < -0.3 is 9.32 Å². The Hall–Kier alpha value is -2.10. The summed E-state index contributed by atoms with van der Waals surface area (Å²) in [6.07, 6.45) is 5.17. The standard InChI is InChI=1S/C16H20N2O2/c1-3-14-5-6-15(20-14)16(19)18(4-2)12-9-13-7-10-17-11-8-13/h5-8,10-11H,3-4,9,12H2,1-2H3. The van der Waals surface area contributed by atoms with E-state index in [0.29, 0.717) is 18.8 Å². The molecule has 0 radical (unpaired) electrons. The van der Waals surface area contributed by atoms with Gasteiger partial charge >= 0.3 is 0 Å². The maximum atomic E-state index is 12.3. The third-order valence-corrected chi connectivity index (χ3v) is 3.31. The van der Waals surface area contributed by atoms with E-state index < -0.39 is 0 Å². The molecule has 0 spiro atoms. The van der Waals surface area contributed by atoms with Crippen molar-refractivity contribution in [1.29, 1.82) is 0 Å². The zero-order valence-electron chi connectivity index (χ0n) is 12.0. The fourth-order valence-electron chi connectivity index (χ4n) is 2.06. The van der Waals surface area contributed by atoms with Crippen molar-refractivity contribution in [3.05, 3.63) is 53.7 Å². The second-order valence-corrected chi connectivity index (χ2v) is 4.61. The van der Waals surface area contributed by atoms with Gasteiger partial charge in [-0.3, -0.25) is 9.78 Å². The fourth-order valence-corrected chi connectivity index (χ4v) is 2.06.